The molecule has 168 valence electrons. The van der Waals surface area contributed by atoms with Crippen molar-refractivity contribution in [3.63, 3.8) is 0 Å². The minimum Gasteiger partial charge on any atom is -0.504 e. The molecule has 0 aliphatic rings. The lowest BCUT2D eigenvalue weighted by Gasteiger charge is -2.37. The first-order chi connectivity index (χ1) is 15.3. The SMILES string of the molecule is COc1ccc(C(C)(c2ccc(OC)cc2)[C@H](Cc2ccc(O)c(OC)c2)C(=O)O)cc1. The van der Waals surface area contributed by atoms with Gasteiger partial charge in [-0.05, 0) is 59.5 Å². The maximum absolute atomic E-state index is 12.6. The van der Waals surface area contributed by atoms with Crippen molar-refractivity contribution < 1.29 is 29.2 Å². The monoisotopic (exact) mass is 436 g/mol. The van der Waals surface area contributed by atoms with Gasteiger partial charge in [-0.25, -0.2) is 0 Å². The molecule has 3 rings (SSSR count). The fourth-order valence-corrected chi connectivity index (χ4v) is 4.07. The number of carboxylic acids is 1. The minimum atomic E-state index is -0.925. The Morgan fingerprint density at radius 1 is 0.844 bits per heavy atom. The van der Waals surface area contributed by atoms with Crippen molar-refractivity contribution in [1.82, 2.24) is 0 Å². The second-order valence-corrected chi connectivity index (χ2v) is 7.76. The largest absolute Gasteiger partial charge is 0.504 e. The maximum atomic E-state index is 12.6. The van der Waals surface area contributed by atoms with Crippen molar-refractivity contribution in [3.8, 4) is 23.0 Å². The molecule has 0 saturated heterocycles. The van der Waals surface area contributed by atoms with E-state index in [4.69, 9.17) is 14.2 Å². The van der Waals surface area contributed by atoms with Gasteiger partial charge in [0.25, 0.3) is 0 Å². The van der Waals surface area contributed by atoms with Gasteiger partial charge in [0.15, 0.2) is 11.5 Å². The molecule has 0 amide bonds. The number of benzene rings is 3. The first-order valence-corrected chi connectivity index (χ1v) is 10.2. The zero-order chi connectivity index (χ0) is 23.3. The molecule has 32 heavy (non-hydrogen) atoms. The molecule has 0 aliphatic carbocycles. The van der Waals surface area contributed by atoms with Crippen molar-refractivity contribution in [2.24, 2.45) is 5.92 Å². The van der Waals surface area contributed by atoms with Crippen molar-refractivity contribution in [1.29, 1.82) is 0 Å². The molecular weight excluding hydrogens is 408 g/mol. The summed E-state index contributed by atoms with van der Waals surface area (Å²) >= 11 is 0. The summed E-state index contributed by atoms with van der Waals surface area (Å²) in [5, 5.41) is 20.3. The Bertz CT molecular complexity index is 1010. The first-order valence-electron chi connectivity index (χ1n) is 10.2. The fraction of sp³-hybridized carbons (Fsp3) is 0.269. The molecule has 2 N–H and O–H groups in total. The summed E-state index contributed by atoms with van der Waals surface area (Å²) < 4.78 is 15.8. The fourth-order valence-electron chi connectivity index (χ4n) is 4.07. The van der Waals surface area contributed by atoms with Gasteiger partial charge < -0.3 is 24.4 Å². The molecule has 0 fully saturated rings. The predicted octanol–water partition coefficient (Wildman–Crippen LogP) is 4.67. The topological polar surface area (TPSA) is 85.2 Å². The van der Waals surface area contributed by atoms with E-state index in [2.05, 4.69) is 0 Å². The first kappa shape index (κ1) is 23.0. The average Bonchev–Trinajstić information content (AvgIpc) is 2.82. The van der Waals surface area contributed by atoms with Crippen LogP contribution in [-0.2, 0) is 16.6 Å². The van der Waals surface area contributed by atoms with Crippen molar-refractivity contribution in [2.75, 3.05) is 21.3 Å². The summed E-state index contributed by atoms with van der Waals surface area (Å²) in [6, 6.07) is 19.8. The standard InChI is InChI=1S/C26H28O6/c1-26(18-6-10-20(30-2)11-7-18,19-8-12-21(31-3)13-9-19)22(25(28)29)15-17-5-14-23(27)24(16-17)32-4/h5-14,16,22,27H,15H2,1-4H3,(H,28,29)/t22-/m1/s1. The van der Waals surface area contributed by atoms with Crippen LogP contribution in [0.25, 0.3) is 0 Å². The molecule has 0 unspecified atom stereocenters. The Kier molecular flexibility index (Phi) is 6.93. The Morgan fingerprint density at radius 2 is 1.34 bits per heavy atom. The molecule has 0 bridgehead atoms. The van der Waals surface area contributed by atoms with Gasteiger partial charge in [0.1, 0.15) is 11.5 Å². The molecule has 0 aliphatic heterocycles. The van der Waals surface area contributed by atoms with Crippen LogP contribution in [-0.4, -0.2) is 37.5 Å². The third-order valence-electron chi connectivity index (χ3n) is 6.06. The number of phenolic OH excluding ortho intramolecular Hbond substituents is 1. The van der Waals surface area contributed by atoms with Crippen molar-refractivity contribution >= 4 is 5.97 Å². The third-order valence-corrected chi connectivity index (χ3v) is 6.06. The van der Waals surface area contributed by atoms with E-state index >= 15 is 0 Å². The highest BCUT2D eigenvalue weighted by molar-refractivity contribution is 5.74. The second kappa shape index (κ2) is 9.64. The number of ether oxygens (including phenoxy) is 3. The smallest absolute Gasteiger partial charge is 0.308 e. The molecule has 0 heterocycles. The quantitative estimate of drug-likeness (QED) is 0.507. The van der Waals surface area contributed by atoms with Crippen LogP contribution in [0.15, 0.2) is 66.7 Å². The summed E-state index contributed by atoms with van der Waals surface area (Å²) in [4.78, 5) is 12.6. The number of carbonyl (C=O) groups is 1. The summed E-state index contributed by atoms with van der Waals surface area (Å²) in [6.07, 6.45) is 0.237. The van der Waals surface area contributed by atoms with E-state index in [1.165, 1.54) is 13.2 Å². The lowest BCUT2D eigenvalue weighted by Crippen LogP contribution is -2.40. The summed E-state index contributed by atoms with van der Waals surface area (Å²) in [5.74, 6) is -0.0231. The van der Waals surface area contributed by atoms with Crippen LogP contribution in [0, 0.1) is 5.92 Å². The van der Waals surface area contributed by atoms with Crippen LogP contribution in [0.1, 0.15) is 23.6 Å². The van der Waals surface area contributed by atoms with Gasteiger partial charge in [0, 0.05) is 5.41 Å². The second-order valence-electron chi connectivity index (χ2n) is 7.76. The van der Waals surface area contributed by atoms with Crippen LogP contribution in [0.3, 0.4) is 0 Å². The molecule has 6 nitrogen and oxygen atoms in total. The zero-order valence-corrected chi connectivity index (χ0v) is 18.7. The number of carboxylic acid groups (broad SMARTS) is 1. The van der Waals surface area contributed by atoms with E-state index in [0.717, 1.165) is 16.7 Å². The van der Waals surface area contributed by atoms with Gasteiger partial charge in [0.2, 0.25) is 0 Å². The highest BCUT2D eigenvalue weighted by atomic mass is 16.5. The van der Waals surface area contributed by atoms with Crippen molar-refractivity contribution in [3.05, 3.63) is 83.4 Å². The number of phenols is 1. The maximum Gasteiger partial charge on any atom is 0.308 e. The van der Waals surface area contributed by atoms with Crippen molar-refractivity contribution in [2.45, 2.75) is 18.8 Å². The normalized spacial score (nSPS) is 12.1. The van der Waals surface area contributed by atoms with Gasteiger partial charge in [0.05, 0.1) is 27.2 Å². The Balaban J connectivity index is 2.14. The van der Waals surface area contributed by atoms with E-state index in [-0.39, 0.29) is 12.2 Å². The Labute approximate surface area is 188 Å². The van der Waals surface area contributed by atoms with Crippen LogP contribution in [0.5, 0.6) is 23.0 Å². The van der Waals surface area contributed by atoms with E-state index in [1.54, 1.807) is 26.4 Å². The van der Waals surface area contributed by atoms with Gasteiger partial charge in [-0.3, -0.25) is 4.79 Å². The average molecular weight is 437 g/mol. The molecule has 6 heteroatoms. The summed E-state index contributed by atoms with van der Waals surface area (Å²) in [6.45, 7) is 1.94. The highest BCUT2D eigenvalue weighted by Gasteiger charge is 2.42. The lowest BCUT2D eigenvalue weighted by molar-refractivity contribution is -0.143. The lowest BCUT2D eigenvalue weighted by atomic mass is 9.65. The zero-order valence-electron chi connectivity index (χ0n) is 18.7. The molecule has 1 atom stereocenters. The third kappa shape index (κ3) is 4.49. The Hall–Kier alpha value is -3.67. The highest BCUT2D eigenvalue weighted by Crippen LogP contribution is 2.42. The minimum absolute atomic E-state index is 0.0104. The summed E-state index contributed by atoms with van der Waals surface area (Å²) in [5.41, 5.74) is 1.58. The number of rotatable bonds is 9. The predicted molar refractivity (Wildman–Crippen MR) is 122 cm³/mol. The molecule has 0 radical (unpaired) electrons. The van der Waals surface area contributed by atoms with E-state index in [0.29, 0.717) is 17.2 Å². The van der Waals surface area contributed by atoms with Crippen LogP contribution >= 0.6 is 0 Å². The molecule has 3 aromatic carbocycles. The van der Waals surface area contributed by atoms with Gasteiger partial charge in [-0.2, -0.15) is 0 Å². The number of hydrogen-bond acceptors (Lipinski definition) is 5. The van der Waals surface area contributed by atoms with Crippen LogP contribution in [0.2, 0.25) is 0 Å². The number of aliphatic carboxylic acids is 1. The van der Waals surface area contributed by atoms with E-state index in [9.17, 15) is 15.0 Å². The number of methoxy groups -OCH3 is 3. The number of aromatic hydroxyl groups is 1. The number of hydrogen-bond donors (Lipinski definition) is 2. The molecule has 3 aromatic rings. The molecule has 0 aromatic heterocycles. The van der Waals surface area contributed by atoms with Gasteiger partial charge in [-0.15, -0.1) is 0 Å². The Morgan fingerprint density at radius 3 is 1.75 bits per heavy atom. The van der Waals surface area contributed by atoms with Crippen LogP contribution < -0.4 is 14.2 Å². The van der Waals surface area contributed by atoms with Crippen LogP contribution in [0.4, 0.5) is 0 Å². The molecule has 0 spiro atoms. The molecular formula is C26H28O6. The van der Waals surface area contributed by atoms with Gasteiger partial charge in [-0.1, -0.05) is 37.3 Å². The van der Waals surface area contributed by atoms with Gasteiger partial charge >= 0.3 is 5.97 Å². The summed E-state index contributed by atoms with van der Waals surface area (Å²) in [7, 11) is 4.65. The van der Waals surface area contributed by atoms with E-state index in [1.807, 2.05) is 55.5 Å². The molecule has 0 saturated carbocycles. The van der Waals surface area contributed by atoms with E-state index < -0.39 is 17.3 Å².